The van der Waals surface area contributed by atoms with Crippen molar-refractivity contribution in [2.75, 3.05) is 6.54 Å². The number of rotatable bonds is 4. The zero-order valence-electron chi connectivity index (χ0n) is 11.7. The fourth-order valence-electron chi connectivity index (χ4n) is 2.56. The van der Waals surface area contributed by atoms with Crippen LogP contribution in [0.3, 0.4) is 0 Å². The standard InChI is InChI=1S/C15H20ClN3/c1-4-13-10(2)18-19(11(13)3)15-12(8-9-17)6-5-7-14(15)16/h5-7H,4,8-9,17H2,1-3H3. The Morgan fingerprint density at radius 1 is 1.32 bits per heavy atom. The molecule has 19 heavy (non-hydrogen) atoms. The Morgan fingerprint density at radius 2 is 2.05 bits per heavy atom. The number of benzene rings is 1. The molecule has 1 aromatic heterocycles. The van der Waals surface area contributed by atoms with Crippen LogP contribution in [-0.2, 0) is 12.8 Å². The van der Waals surface area contributed by atoms with Crippen LogP contribution in [0, 0.1) is 13.8 Å². The van der Waals surface area contributed by atoms with Crippen LogP contribution >= 0.6 is 11.6 Å². The van der Waals surface area contributed by atoms with Crippen LogP contribution in [0.1, 0.15) is 29.4 Å². The highest BCUT2D eigenvalue weighted by Crippen LogP contribution is 2.27. The van der Waals surface area contributed by atoms with Gasteiger partial charge in [0.25, 0.3) is 0 Å². The van der Waals surface area contributed by atoms with E-state index in [1.54, 1.807) is 0 Å². The number of halogens is 1. The highest BCUT2D eigenvalue weighted by Gasteiger charge is 2.16. The van der Waals surface area contributed by atoms with E-state index in [1.807, 2.05) is 23.7 Å². The summed E-state index contributed by atoms with van der Waals surface area (Å²) in [7, 11) is 0. The summed E-state index contributed by atoms with van der Waals surface area (Å²) in [6.07, 6.45) is 1.78. The molecule has 0 aliphatic heterocycles. The average Bonchev–Trinajstić information content (AvgIpc) is 2.65. The van der Waals surface area contributed by atoms with Crippen LogP contribution in [0.15, 0.2) is 18.2 Å². The molecule has 0 radical (unpaired) electrons. The van der Waals surface area contributed by atoms with Crippen LogP contribution in [-0.4, -0.2) is 16.3 Å². The van der Waals surface area contributed by atoms with Crippen molar-refractivity contribution in [2.24, 2.45) is 5.73 Å². The van der Waals surface area contributed by atoms with Crippen LogP contribution in [0.4, 0.5) is 0 Å². The molecule has 102 valence electrons. The molecule has 0 amide bonds. The molecule has 0 unspecified atom stereocenters. The highest BCUT2D eigenvalue weighted by molar-refractivity contribution is 6.32. The lowest BCUT2D eigenvalue weighted by Crippen LogP contribution is -2.09. The van der Waals surface area contributed by atoms with Crippen molar-refractivity contribution in [1.82, 2.24) is 9.78 Å². The Hall–Kier alpha value is -1.32. The second kappa shape index (κ2) is 5.76. The van der Waals surface area contributed by atoms with Crippen LogP contribution in [0.2, 0.25) is 5.02 Å². The molecule has 2 rings (SSSR count). The third-order valence-corrected chi connectivity index (χ3v) is 3.80. The van der Waals surface area contributed by atoms with Crippen molar-refractivity contribution in [1.29, 1.82) is 0 Å². The topological polar surface area (TPSA) is 43.8 Å². The van der Waals surface area contributed by atoms with Gasteiger partial charge in [0.2, 0.25) is 0 Å². The second-order valence-electron chi connectivity index (χ2n) is 4.70. The first-order chi connectivity index (χ1) is 9.10. The lowest BCUT2D eigenvalue weighted by atomic mass is 10.1. The first-order valence-corrected chi connectivity index (χ1v) is 7.00. The predicted molar refractivity (Wildman–Crippen MR) is 80.2 cm³/mol. The quantitative estimate of drug-likeness (QED) is 0.933. The van der Waals surface area contributed by atoms with E-state index < -0.39 is 0 Å². The first kappa shape index (κ1) is 14.1. The molecule has 3 nitrogen and oxygen atoms in total. The Balaban J connectivity index is 2.64. The molecule has 1 aromatic carbocycles. The number of para-hydroxylation sites is 1. The summed E-state index contributed by atoms with van der Waals surface area (Å²) in [4.78, 5) is 0. The molecule has 2 N–H and O–H groups in total. The third kappa shape index (κ3) is 2.53. The third-order valence-electron chi connectivity index (χ3n) is 3.49. The van der Waals surface area contributed by atoms with Crippen LogP contribution in [0.25, 0.3) is 5.69 Å². The number of aryl methyl sites for hydroxylation is 1. The van der Waals surface area contributed by atoms with E-state index in [0.717, 1.165) is 40.5 Å². The molecular weight excluding hydrogens is 258 g/mol. The van der Waals surface area contributed by atoms with Crippen LogP contribution in [0.5, 0.6) is 0 Å². The second-order valence-corrected chi connectivity index (χ2v) is 5.11. The zero-order valence-corrected chi connectivity index (χ0v) is 12.5. The normalized spacial score (nSPS) is 11.0. The van der Waals surface area contributed by atoms with Crippen molar-refractivity contribution < 1.29 is 0 Å². The zero-order chi connectivity index (χ0) is 14.0. The molecule has 0 saturated heterocycles. The van der Waals surface area contributed by atoms with E-state index in [9.17, 15) is 0 Å². The van der Waals surface area contributed by atoms with Crippen molar-refractivity contribution >= 4 is 11.6 Å². The summed E-state index contributed by atoms with van der Waals surface area (Å²) >= 11 is 6.37. The fourth-order valence-corrected chi connectivity index (χ4v) is 2.83. The summed E-state index contributed by atoms with van der Waals surface area (Å²) in [6.45, 7) is 6.89. The lowest BCUT2D eigenvalue weighted by Gasteiger charge is -2.13. The molecule has 0 aliphatic carbocycles. The van der Waals surface area contributed by atoms with E-state index in [1.165, 1.54) is 5.56 Å². The van der Waals surface area contributed by atoms with Crippen molar-refractivity contribution in [3.63, 3.8) is 0 Å². The van der Waals surface area contributed by atoms with E-state index in [2.05, 4.69) is 25.0 Å². The van der Waals surface area contributed by atoms with Gasteiger partial charge in [0, 0.05) is 5.69 Å². The van der Waals surface area contributed by atoms with Gasteiger partial charge in [0.1, 0.15) is 0 Å². The van der Waals surface area contributed by atoms with E-state index in [-0.39, 0.29) is 0 Å². The van der Waals surface area contributed by atoms with Gasteiger partial charge in [-0.1, -0.05) is 30.7 Å². The Bertz CT molecular complexity index is 587. The van der Waals surface area contributed by atoms with Gasteiger partial charge in [0.15, 0.2) is 0 Å². The first-order valence-electron chi connectivity index (χ1n) is 6.63. The Morgan fingerprint density at radius 3 is 2.63 bits per heavy atom. The van der Waals surface area contributed by atoms with E-state index >= 15 is 0 Å². The van der Waals surface area contributed by atoms with Gasteiger partial charge >= 0.3 is 0 Å². The summed E-state index contributed by atoms with van der Waals surface area (Å²) in [6, 6.07) is 5.93. The maximum absolute atomic E-state index is 6.37. The molecule has 0 atom stereocenters. The van der Waals surface area contributed by atoms with Crippen molar-refractivity contribution in [3.8, 4) is 5.69 Å². The van der Waals surface area contributed by atoms with Gasteiger partial charge in [-0.05, 0) is 50.4 Å². The summed E-state index contributed by atoms with van der Waals surface area (Å²) in [5, 5.41) is 5.37. The van der Waals surface area contributed by atoms with Gasteiger partial charge in [-0.2, -0.15) is 5.10 Å². The monoisotopic (exact) mass is 277 g/mol. The number of hydrogen-bond acceptors (Lipinski definition) is 2. The summed E-state index contributed by atoms with van der Waals surface area (Å²) in [5.41, 5.74) is 11.3. The maximum atomic E-state index is 6.37. The SMILES string of the molecule is CCc1c(C)nn(-c2c(Cl)cccc2CCN)c1C. The smallest absolute Gasteiger partial charge is 0.0867 e. The van der Waals surface area contributed by atoms with E-state index in [0.29, 0.717) is 6.54 Å². The molecule has 1 heterocycles. The molecule has 2 aromatic rings. The summed E-state index contributed by atoms with van der Waals surface area (Å²) < 4.78 is 1.96. The lowest BCUT2D eigenvalue weighted by molar-refractivity contribution is 0.813. The molecular formula is C15H20ClN3. The minimum Gasteiger partial charge on any atom is -0.330 e. The van der Waals surface area contributed by atoms with Gasteiger partial charge in [0.05, 0.1) is 16.4 Å². The molecule has 0 bridgehead atoms. The number of hydrogen-bond donors (Lipinski definition) is 1. The molecule has 0 saturated carbocycles. The van der Waals surface area contributed by atoms with Crippen molar-refractivity contribution in [3.05, 3.63) is 45.7 Å². The van der Waals surface area contributed by atoms with Gasteiger partial charge < -0.3 is 5.73 Å². The number of nitrogens with two attached hydrogens (primary N) is 1. The minimum atomic E-state index is 0.604. The number of aromatic nitrogens is 2. The number of nitrogens with zero attached hydrogens (tertiary/aromatic N) is 2. The van der Waals surface area contributed by atoms with Gasteiger partial charge in [-0.15, -0.1) is 0 Å². The molecule has 0 fully saturated rings. The predicted octanol–water partition coefficient (Wildman–Crippen LogP) is 3.21. The average molecular weight is 278 g/mol. The largest absolute Gasteiger partial charge is 0.330 e. The highest BCUT2D eigenvalue weighted by atomic mass is 35.5. The molecule has 4 heteroatoms. The maximum Gasteiger partial charge on any atom is 0.0867 e. The fraction of sp³-hybridized carbons (Fsp3) is 0.400. The van der Waals surface area contributed by atoms with Gasteiger partial charge in [-0.25, -0.2) is 4.68 Å². The van der Waals surface area contributed by atoms with Crippen molar-refractivity contribution in [2.45, 2.75) is 33.6 Å². The van der Waals surface area contributed by atoms with Crippen LogP contribution < -0.4 is 5.73 Å². The summed E-state index contributed by atoms with van der Waals surface area (Å²) in [5.74, 6) is 0. The Labute approximate surface area is 119 Å². The minimum absolute atomic E-state index is 0.604. The van der Waals surface area contributed by atoms with E-state index in [4.69, 9.17) is 17.3 Å². The molecule has 0 aliphatic rings. The Kier molecular flexibility index (Phi) is 4.27. The van der Waals surface area contributed by atoms with Gasteiger partial charge in [-0.3, -0.25) is 0 Å². The molecule has 0 spiro atoms.